The van der Waals surface area contributed by atoms with Gasteiger partial charge in [0.15, 0.2) is 0 Å². The standard InChI is InChI=1S/C15H23BrO/c1-10(2)8-14(17)12-9-11(15(3,4)5)6-7-13(12)16/h6-7,9-10,14,17H,8H2,1-5H3. The lowest BCUT2D eigenvalue weighted by Crippen LogP contribution is -2.12. The number of aliphatic hydroxyl groups excluding tert-OH is 1. The molecule has 0 saturated carbocycles. The Morgan fingerprint density at radius 2 is 1.82 bits per heavy atom. The van der Waals surface area contributed by atoms with E-state index in [9.17, 15) is 5.11 Å². The predicted molar refractivity (Wildman–Crippen MR) is 77.3 cm³/mol. The van der Waals surface area contributed by atoms with Gasteiger partial charge in [-0.1, -0.05) is 62.7 Å². The van der Waals surface area contributed by atoms with Crippen molar-refractivity contribution in [2.45, 2.75) is 52.6 Å². The zero-order valence-electron chi connectivity index (χ0n) is 11.4. The van der Waals surface area contributed by atoms with Crippen molar-refractivity contribution >= 4 is 15.9 Å². The van der Waals surface area contributed by atoms with Crippen LogP contribution >= 0.6 is 15.9 Å². The third kappa shape index (κ3) is 4.11. The molecule has 0 fully saturated rings. The van der Waals surface area contributed by atoms with Crippen LogP contribution in [0.3, 0.4) is 0 Å². The number of rotatable bonds is 3. The number of aliphatic hydroxyl groups is 1. The molecule has 0 aromatic heterocycles. The number of hydrogen-bond donors (Lipinski definition) is 1. The van der Waals surface area contributed by atoms with Gasteiger partial charge < -0.3 is 5.11 Å². The summed E-state index contributed by atoms with van der Waals surface area (Å²) >= 11 is 3.53. The summed E-state index contributed by atoms with van der Waals surface area (Å²) < 4.78 is 0.999. The SMILES string of the molecule is CC(C)CC(O)c1cc(C(C)(C)C)ccc1Br. The van der Waals surface area contributed by atoms with Crippen molar-refractivity contribution in [1.29, 1.82) is 0 Å². The molecule has 1 aromatic carbocycles. The van der Waals surface area contributed by atoms with Crippen molar-refractivity contribution in [3.8, 4) is 0 Å². The lowest BCUT2D eigenvalue weighted by atomic mass is 9.85. The first-order valence-electron chi connectivity index (χ1n) is 6.20. The van der Waals surface area contributed by atoms with Crippen LogP contribution in [-0.2, 0) is 5.41 Å². The zero-order chi connectivity index (χ0) is 13.2. The normalized spacial score (nSPS) is 14.1. The first-order chi connectivity index (χ1) is 7.71. The highest BCUT2D eigenvalue weighted by Gasteiger charge is 2.18. The average Bonchev–Trinajstić information content (AvgIpc) is 2.15. The van der Waals surface area contributed by atoms with Gasteiger partial charge in [0.2, 0.25) is 0 Å². The summed E-state index contributed by atoms with van der Waals surface area (Å²) in [4.78, 5) is 0. The molecular formula is C15H23BrO. The van der Waals surface area contributed by atoms with Gasteiger partial charge in [-0.05, 0) is 34.9 Å². The van der Waals surface area contributed by atoms with E-state index in [0.29, 0.717) is 5.92 Å². The van der Waals surface area contributed by atoms with Gasteiger partial charge in [-0.25, -0.2) is 0 Å². The lowest BCUT2D eigenvalue weighted by Gasteiger charge is -2.22. The fourth-order valence-electron chi connectivity index (χ4n) is 1.84. The molecule has 2 heteroatoms. The largest absolute Gasteiger partial charge is 0.388 e. The number of halogens is 1. The highest BCUT2D eigenvalue weighted by Crippen LogP contribution is 2.32. The van der Waals surface area contributed by atoms with Gasteiger partial charge in [0.1, 0.15) is 0 Å². The monoisotopic (exact) mass is 298 g/mol. The molecule has 0 saturated heterocycles. The van der Waals surface area contributed by atoms with Crippen LogP contribution in [-0.4, -0.2) is 5.11 Å². The molecule has 0 radical (unpaired) electrons. The molecule has 1 N–H and O–H groups in total. The summed E-state index contributed by atoms with van der Waals surface area (Å²) in [5, 5.41) is 10.2. The van der Waals surface area contributed by atoms with Crippen molar-refractivity contribution in [2.24, 2.45) is 5.92 Å². The maximum atomic E-state index is 10.2. The van der Waals surface area contributed by atoms with Gasteiger partial charge in [-0.15, -0.1) is 0 Å². The van der Waals surface area contributed by atoms with Gasteiger partial charge in [0, 0.05) is 4.47 Å². The van der Waals surface area contributed by atoms with Crippen LogP contribution < -0.4 is 0 Å². The molecule has 1 unspecified atom stereocenters. The summed E-state index contributed by atoms with van der Waals surface area (Å²) in [5.41, 5.74) is 2.39. The Morgan fingerprint density at radius 3 is 2.29 bits per heavy atom. The Balaban J connectivity index is 3.06. The van der Waals surface area contributed by atoms with Crippen molar-refractivity contribution in [3.05, 3.63) is 33.8 Å². The molecule has 0 spiro atoms. The number of hydrogen-bond acceptors (Lipinski definition) is 1. The summed E-state index contributed by atoms with van der Waals surface area (Å²) in [7, 11) is 0. The van der Waals surface area contributed by atoms with Crippen molar-refractivity contribution < 1.29 is 5.11 Å². The second-order valence-corrected chi connectivity index (χ2v) is 6.99. The topological polar surface area (TPSA) is 20.2 Å². The van der Waals surface area contributed by atoms with E-state index in [4.69, 9.17) is 0 Å². The maximum absolute atomic E-state index is 10.2. The minimum atomic E-state index is -0.383. The molecule has 0 aliphatic rings. The number of benzene rings is 1. The highest BCUT2D eigenvalue weighted by atomic mass is 79.9. The predicted octanol–water partition coefficient (Wildman–Crippen LogP) is 4.83. The van der Waals surface area contributed by atoms with Gasteiger partial charge >= 0.3 is 0 Å². The molecule has 0 bridgehead atoms. The third-order valence-electron chi connectivity index (χ3n) is 2.92. The van der Waals surface area contributed by atoms with Gasteiger partial charge in [0.05, 0.1) is 6.10 Å². The van der Waals surface area contributed by atoms with Crippen LogP contribution in [0.25, 0.3) is 0 Å². The van der Waals surface area contributed by atoms with Crippen LogP contribution in [0, 0.1) is 5.92 Å². The van der Waals surface area contributed by atoms with Gasteiger partial charge in [0.25, 0.3) is 0 Å². The second-order valence-electron chi connectivity index (χ2n) is 6.13. The van der Waals surface area contributed by atoms with Crippen LogP contribution in [0.5, 0.6) is 0 Å². The van der Waals surface area contributed by atoms with E-state index in [0.717, 1.165) is 16.5 Å². The Bertz CT molecular complexity index is 377. The highest BCUT2D eigenvalue weighted by molar-refractivity contribution is 9.10. The van der Waals surface area contributed by atoms with Crippen molar-refractivity contribution in [3.63, 3.8) is 0 Å². The van der Waals surface area contributed by atoms with E-state index in [1.165, 1.54) is 5.56 Å². The van der Waals surface area contributed by atoms with Crippen molar-refractivity contribution in [2.75, 3.05) is 0 Å². The van der Waals surface area contributed by atoms with E-state index in [1.54, 1.807) is 0 Å². The Morgan fingerprint density at radius 1 is 1.24 bits per heavy atom. The minimum Gasteiger partial charge on any atom is -0.388 e. The summed E-state index contributed by atoms with van der Waals surface area (Å²) in [6.07, 6.45) is 0.415. The van der Waals surface area contributed by atoms with Crippen LogP contribution in [0.4, 0.5) is 0 Å². The smallest absolute Gasteiger partial charge is 0.0803 e. The molecule has 1 atom stereocenters. The van der Waals surface area contributed by atoms with Gasteiger partial charge in [-0.2, -0.15) is 0 Å². The third-order valence-corrected chi connectivity index (χ3v) is 3.64. The lowest BCUT2D eigenvalue weighted by molar-refractivity contribution is 0.150. The fraction of sp³-hybridized carbons (Fsp3) is 0.600. The molecule has 0 aliphatic carbocycles. The van der Waals surface area contributed by atoms with E-state index < -0.39 is 0 Å². The maximum Gasteiger partial charge on any atom is 0.0803 e. The van der Waals surface area contributed by atoms with Crippen LogP contribution in [0.1, 0.15) is 58.3 Å². The fourth-order valence-corrected chi connectivity index (χ4v) is 2.35. The second kappa shape index (κ2) is 5.53. The summed E-state index contributed by atoms with van der Waals surface area (Å²) in [6, 6.07) is 6.28. The molecular weight excluding hydrogens is 276 g/mol. The van der Waals surface area contributed by atoms with E-state index in [-0.39, 0.29) is 11.5 Å². The average molecular weight is 299 g/mol. The molecule has 1 aromatic rings. The van der Waals surface area contributed by atoms with Crippen molar-refractivity contribution in [1.82, 2.24) is 0 Å². The van der Waals surface area contributed by atoms with Crippen LogP contribution in [0.2, 0.25) is 0 Å². The quantitative estimate of drug-likeness (QED) is 0.848. The molecule has 0 heterocycles. The van der Waals surface area contributed by atoms with E-state index in [1.807, 2.05) is 6.07 Å². The first kappa shape index (κ1) is 14.7. The zero-order valence-corrected chi connectivity index (χ0v) is 13.0. The summed E-state index contributed by atoms with van der Waals surface area (Å²) in [6.45, 7) is 10.8. The molecule has 96 valence electrons. The van der Waals surface area contributed by atoms with E-state index in [2.05, 4.69) is 62.7 Å². The molecule has 0 amide bonds. The summed E-state index contributed by atoms with van der Waals surface area (Å²) in [5.74, 6) is 0.496. The Labute approximate surface area is 113 Å². The molecule has 0 aliphatic heterocycles. The Hall–Kier alpha value is -0.340. The molecule has 1 nitrogen and oxygen atoms in total. The van der Waals surface area contributed by atoms with Crippen LogP contribution in [0.15, 0.2) is 22.7 Å². The molecule has 1 rings (SSSR count). The van der Waals surface area contributed by atoms with Gasteiger partial charge in [-0.3, -0.25) is 0 Å². The molecule has 17 heavy (non-hydrogen) atoms. The minimum absolute atomic E-state index is 0.118. The van der Waals surface area contributed by atoms with E-state index >= 15 is 0 Å². The first-order valence-corrected chi connectivity index (χ1v) is 6.99. The Kier molecular flexibility index (Phi) is 4.79.